The molecule has 0 fully saturated rings. The third-order valence-corrected chi connectivity index (χ3v) is 1.74. The first-order chi connectivity index (χ1) is 6.86. The van der Waals surface area contributed by atoms with Crippen LogP contribution in [0, 0.1) is 5.82 Å². The molecule has 1 aromatic carbocycles. The summed E-state index contributed by atoms with van der Waals surface area (Å²) in [6, 6.07) is 1.66. The highest BCUT2D eigenvalue weighted by Gasteiger charge is 2.31. The number of hydrogen-bond acceptors (Lipinski definition) is 1. The van der Waals surface area contributed by atoms with Crippen LogP contribution in [0.4, 0.5) is 17.6 Å². The second kappa shape index (κ2) is 3.84. The number of carbonyl (C=O) groups is 1. The van der Waals surface area contributed by atoms with Gasteiger partial charge in [-0.15, -0.1) is 0 Å². The zero-order chi connectivity index (χ0) is 11.6. The fraction of sp³-hybridized carbons (Fsp3) is 0.100. The summed E-state index contributed by atoms with van der Waals surface area (Å²) in [7, 11) is 0. The molecule has 80 valence electrons. The minimum absolute atomic E-state index is 0.472. The number of hydrogen-bond donors (Lipinski definition) is 0. The molecule has 0 spiro atoms. The van der Waals surface area contributed by atoms with Crippen LogP contribution in [0.15, 0.2) is 30.9 Å². The molecular formula is C10H6F4O. The Labute approximate surface area is 83.0 Å². The third kappa shape index (κ3) is 2.43. The van der Waals surface area contributed by atoms with Crippen molar-refractivity contribution in [2.24, 2.45) is 0 Å². The zero-order valence-electron chi connectivity index (χ0n) is 7.44. The molecule has 1 rings (SSSR count). The fourth-order valence-electron chi connectivity index (χ4n) is 1.00. The van der Waals surface area contributed by atoms with Gasteiger partial charge in [0.15, 0.2) is 5.78 Å². The quantitative estimate of drug-likeness (QED) is 0.423. The van der Waals surface area contributed by atoms with Crippen molar-refractivity contribution in [1.29, 1.82) is 0 Å². The number of rotatable bonds is 2. The molecule has 0 unspecified atom stereocenters. The monoisotopic (exact) mass is 218 g/mol. The normalized spacial score (nSPS) is 11.2. The molecule has 0 heterocycles. The van der Waals surface area contributed by atoms with E-state index in [1.165, 1.54) is 0 Å². The topological polar surface area (TPSA) is 17.1 Å². The predicted molar refractivity (Wildman–Crippen MR) is 45.9 cm³/mol. The highest BCUT2D eigenvalue weighted by atomic mass is 19.4. The summed E-state index contributed by atoms with van der Waals surface area (Å²) >= 11 is 0. The van der Waals surface area contributed by atoms with E-state index in [2.05, 4.69) is 6.58 Å². The highest BCUT2D eigenvalue weighted by Crippen LogP contribution is 2.30. The summed E-state index contributed by atoms with van der Waals surface area (Å²) < 4.78 is 49.6. The van der Waals surface area contributed by atoms with Crippen LogP contribution in [-0.4, -0.2) is 5.78 Å². The van der Waals surface area contributed by atoms with Gasteiger partial charge in [-0.1, -0.05) is 6.58 Å². The Bertz CT molecular complexity index is 406. The fourth-order valence-corrected chi connectivity index (χ4v) is 1.00. The first-order valence-electron chi connectivity index (χ1n) is 3.90. The van der Waals surface area contributed by atoms with Gasteiger partial charge in [0.2, 0.25) is 0 Å². The summed E-state index contributed by atoms with van der Waals surface area (Å²) in [5.41, 5.74) is -1.69. The molecule has 0 aromatic heterocycles. The summed E-state index contributed by atoms with van der Waals surface area (Å²) in [6.07, 6.45) is -3.83. The van der Waals surface area contributed by atoms with Crippen LogP contribution < -0.4 is 0 Å². The number of benzene rings is 1. The van der Waals surface area contributed by atoms with Gasteiger partial charge in [-0.3, -0.25) is 4.79 Å². The molecule has 0 aliphatic heterocycles. The molecule has 0 N–H and O–H groups in total. The lowest BCUT2D eigenvalue weighted by Crippen LogP contribution is -2.08. The number of carbonyl (C=O) groups excluding carboxylic acids is 1. The van der Waals surface area contributed by atoms with Gasteiger partial charge >= 0.3 is 6.18 Å². The average Bonchev–Trinajstić information content (AvgIpc) is 2.15. The van der Waals surface area contributed by atoms with Crippen molar-refractivity contribution >= 4 is 5.78 Å². The van der Waals surface area contributed by atoms with Crippen LogP contribution in [0.25, 0.3) is 0 Å². The molecule has 5 heteroatoms. The highest BCUT2D eigenvalue weighted by molar-refractivity contribution is 6.04. The van der Waals surface area contributed by atoms with Crippen molar-refractivity contribution in [3.63, 3.8) is 0 Å². The summed E-state index contributed by atoms with van der Waals surface area (Å²) in [6.45, 7) is 3.07. The van der Waals surface area contributed by atoms with E-state index in [-0.39, 0.29) is 0 Å². The zero-order valence-corrected chi connectivity index (χ0v) is 7.44. The van der Waals surface area contributed by atoms with Crippen molar-refractivity contribution in [2.45, 2.75) is 6.18 Å². The van der Waals surface area contributed by atoms with Crippen LogP contribution in [0.3, 0.4) is 0 Å². The van der Waals surface area contributed by atoms with Gasteiger partial charge in [-0.05, 0) is 24.3 Å². The van der Waals surface area contributed by atoms with Crippen LogP contribution in [0.1, 0.15) is 15.9 Å². The molecule has 15 heavy (non-hydrogen) atoms. The van der Waals surface area contributed by atoms with Crippen molar-refractivity contribution in [3.05, 3.63) is 47.8 Å². The summed E-state index contributed by atoms with van der Waals surface area (Å²) in [5, 5.41) is 0. The molecule has 1 nitrogen and oxygen atoms in total. The van der Waals surface area contributed by atoms with E-state index >= 15 is 0 Å². The summed E-state index contributed by atoms with van der Waals surface area (Å²) in [5.74, 6) is -1.87. The second-order valence-electron chi connectivity index (χ2n) is 2.76. The molecule has 1 aromatic rings. The van der Waals surface area contributed by atoms with E-state index in [9.17, 15) is 22.4 Å². The molecule has 0 saturated carbocycles. The molecule has 0 amide bonds. The smallest absolute Gasteiger partial charge is 0.289 e. The number of halogens is 4. The first-order valence-corrected chi connectivity index (χ1v) is 3.90. The number of ketones is 1. The SMILES string of the molecule is C=CC(=O)c1cc(C(F)(F)F)ccc1F. The molecular weight excluding hydrogens is 212 g/mol. The van der Waals surface area contributed by atoms with Crippen molar-refractivity contribution < 1.29 is 22.4 Å². The minimum Gasteiger partial charge on any atom is -0.289 e. The average molecular weight is 218 g/mol. The van der Waals surface area contributed by atoms with Gasteiger partial charge in [-0.2, -0.15) is 13.2 Å². The number of alkyl halides is 3. The predicted octanol–water partition coefficient (Wildman–Crippen LogP) is 3.21. The molecule has 0 bridgehead atoms. The molecule has 0 radical (unpaired) electrons. The Balaban J connectivity index is 3.29. The van der Waals surface area contributed by atoms with Gasteiger partial charge < -0.3 is 0 Å². The standard InChI is InChI=1S/C10H6F4O/c1-2-9(15)7-5-6(10(12,13)14)3-4-8(7)11/h2-5H,1H2. The van der Waals surface area contributed by atoms with Gasteiger partial charge in [0, 0.05) is 0 Å². The van der Waals surface area contributed by atoms with E-state index < -0.39 is 28.9 Å². The van der Waals surface area contributed by atoms with Crippen molar-refractivity contribution in [2.75, 3.05) is 0 Å². The molecule has 0 aliphatic rings. The van der Waals surface area contributed by atoms with E-state index in [0.29, 0.717) is 18.2 Å². The minimum atomic E-state index is -4.59. The number of allylic oxidation sites excluding steroid dienone is 1. The van der Waals surface area contributed by atoms with Gasteiger partial charge in [0.25, 0.3) is 0 Å². The Morgan fingerprint density at radius 1 is 1.33 bits per heavy atom. The van der Waals surface area contributed by atoms with Crippen LogP contribution in [-0.2, 0) is 6.18 Å². The summed E-state index contributed by atoms with van der Waals surface area (Å²) in [4.78, 5) is 11.0. The van der Waals surface area contributed by atoms with Crippen molar-refractivity contribution in [1.82, 2.24) is 0 Å². The Morgan fingerprint density at radius 3 is 2.40 bits per heavy atom. The van der Waals surface area contributed by atoms with E-state index in [1.807, 2.05) is 0 Å². The lowest BCUT2D eigenvalue weighted by molar-refractivity contribution is -0.137. The Kier molecular flexibility index (Phi) is 2.93. The molecule has 0 aliphatic carbocycles. The molecule has 0 atom stereocenters. The maximum atomic E-state index is 13.0. The lowest BCUT2D eigenvalue weighted by atomic mass is 10.1. The molecule has 0 saturated heterocycles. The van der Waals surface area contributed by atoms with Gasteiger partial charge in [-0.25, -0.2) is 4.39 Å². The maximum absolute atomic E-state index is 13.0. The van der Waals surface area contributed by atoms with Crippen LogP contribution in [0.5, 0.6) is 0 Å². The van der Waals surface area contributed by atoms with Crippen LogP contribution >= 0.6 is 0 Å². The first kappa shape index (κ1) is 11.4. The van der Waals surface area contributed by atoms with Crippen molar-refractivity contribution in [3.8, 4) is 0 Å². The lowest BCUT2D eigenvalue weighted by Gasteiger charge is -2.07. The van der Waals surface area contributed by atoms with Gasteiger partial charge in [0.05, 0.1) is 11.1 Å². The maximum Gasteiger partial charge on any atom is 0.416 e. The van der Waals surface area contributed by atoms with E-state index in [4.69, 9.17) is 0 Å². The second-order valence-corrected chi connectivity index (χ2v) is 2.76. The van der Waals surface area contributed by atoms with Gasteiger partial charge in [0.1, 0.15) is 5.82 Å². The Hall–Kier alpha value is -1.65. The van der Waals surface area contributed by atoms with E-state index in [1.54, 1.807) is 0 Å². The van der Waals surface area contributed by atoms with Crippen LogP contribution in [0.2, 0.25) is 0 Å². The van der Waals surface area contributed by atoms with E-state index in [0.717, 1.165) is 6.08 Å². The Morgan fingerprint density at radius 2 is 1.93 bits per heavy atom. The largest absolute Gasteiger partial charge is 0.416 e. The third-order valence-electron chi connectivity index (χ3n) is 1.74.